The van der Waals surface area contributed by atoms with Crippen LogP contribution >= 0.6 is 0 Å². The van der Waals surface area contributed by atoms with Crippen molar-refractivity contribution in [2.45, 2.75) is 65.0 Å². The van der Waals surface area contributed by atoms with Gasteiger partial charge in [-0.15, -0.1) is 0 Å². The second kappa shape index (κ2) is 11.2. The molecule has 0 unspecified atom stereocenters. The smallest absolute Gasteiger partial charge is 0.335 e. The summed E-state index contributed by atoms with van der Waals surface area (Å²) in [6, 6.07) is 12.2. The summed E-state index contributed by atoms with van der Waals surface area (Å²) in [7, 11) is 0. The Morgan fingerprint density at radius 1 is 0.974 bits per heavy atom. The molecule has 1 saturated carbocycles. The first-order valence-electron chi connectivity index (χ1n) is 13.2. The lowest BCUT2D eigenvalue weighted by molar-refractivity contribution is -0.127. The molecular weight excluding hydrogens is 484 g/mol. The van der Waals surface area contributed by atoms with E-state index < -0.39 is 23.5 Å². The van der Waals surface area contributed by atoms with E-state index in [1.54, 1.807) is 6.07 Å². The monoisotopic (exact) mass is 520 g/mol. The van der Waals surface area contributed by atoms with Crippen LogP contribution in [0.25, 0.3) is 0 Å². The first-order valence-corrected chi connectivity index (χ1v) is 13.2. The normalized spacial score (nSPS) is 18.4. The van der Waals surface area contributed by atoms with Crippen LogP contribution < -0.4 is 20.4 Å². The molecule has 1 aliphatic carbocycles. The summed E-state index contributed by atoms with van der Waals surface area (Å²) in [6.45, 7) is 5.65. The number of rotatable bonds is 6. The van der Waals surface area contributed by atoms with Gasteiger partial charge in [0.25, 0.3) is 5.91 Å². The van der Waals surface area contributed by atoms with Crippen LogP contribution in [-0.4, -0.2) is 54.0 Å². The number of carboxylic acid groups (broad SMARTS) is 1. The largest absolute Gasteiger partial charge is 0.478 e. The quantitative estimate of drug-likeness (QED) is 0.509. The minimum Gasteiger partial charge on any atom is -0.478 e. The van der Waals surface area contributed by atoms with Gasteiger partial charge in [0.1, 0.15) is 6.04 Å². The lowest BCUT2D eigenvalue weighted by Gasteiger charge is -2.37. The van der Waals surface area contributed by atoms with E-state index in [2.05, 4.69) is 15.5 Å². The third-order valence-corrected chi connectivity index (χ3v) is 7.25. The van der Waals surface area contributed by atoms with Crippen LogP contribution in [0.4, 0.5) is 21.9 Å². The van der Waals surface area contributed by atoms with E-state index in [1.807, 2.05) is 45.0 Å². The third-order valence-electron chi connectivity index (χ3n) is 7.25. The second-order valence-electron chi connectivity index (χ2n) is 11.1. The van der Waals surface area contributed by atoms with Gasteiger partial charge in [0, 0.05) is 23.7 Å². The summed E-state index contributed by atoms with van der Waals surface area (Å²) in [5.41, 5.74) is 1.25. The number of hydrogen-bond acceptors (Lipinski definition) is 5. The Hall–Kier alpha value is -3.88. The van der Waals surface area contributed by atoms with Gasteiger partial charge in [-0.05, 0) is 43.2 Å². The van der Waals surface area contributed by atoms with Crippen LogP contribution in [0, 0.1) is 5.41 Å². The summed E-state index contributed by atoms with van der Waals surface area (Å²) < 4.78 is 0. The molecule has 2 aliphatic rings. The predicted octanol–water partition coefficient (Wildman–Crippen LogP) is 4.68. The molecule has 0 saturated heterocycles. The molecule has 38 heavy (non-hydrogen) atoms. The number of nitrogens with zero attached hydrogens (tertiary/aromatic N) is 2. The van der Waals surface area contributed by atoms with E-state index in [0.717, 1.165) is 31.4 Å². The number of benzene rings is 2. The van der Waals surface area contributed by atoms with Crippen molar-refractivity contribution >= 4 is 40.8 Å². The fourth-order valence-corrected chi connectivity index (χ4v) is 5.06. The molecule has 3 amide bonds. The molecule has 1 heterocycles. The van der Waals surface area contributed by atoms with E-state index in [4.69, 9.17) is 0 Å². The van der Waals surface area contributed by atoms with Crippen LogP contribution in [0.3, 0.4) is 0 Å². The second-order valence-corrected chi connectivity index (χ2v) is 11.1. The first kappa shape index (κ1) is 27.2. The van der Waals surface area contributed by atoms with Crippen molar-refractivity contribution in [1.29, 1.82) is 0 Å². The SMILES string of the molecule is CC(C)(C)C(=O)CN1C(=O)[C@@H](NC(=O)Nc2cccc(C(=O)O)c2)CN(C2CCCCC2)c2ccccc21. The summed E-state index contributed by atoms with van der Waals surface area (Å²) in [4.78, 5) is 55.1. The number of carbonyl (C=O) groups is 4. The molecule has 0 spiro atoms. The highest BCUT2D eigenvalue weighted by Crippen LogP contribution is 2.37. The van der Waals surface area contributed by atoms with Crippen molar-refractivity contribution in [3.8, 4) is 0 Å². The molecule has 202 valence electrons. The number of fused-ring (bicyclic) bond motifs is 1. The Labute approximate surface area is 223 Å². The number of hydrogen-bond donors (Lipinski definition) is 3. The van der Waals surface area contributed by atoms with Gasteiger partial charge in [0.2, 0.25) is 0 Å². The highest BCUT2D eigenvalue weighted by atomic mass is 16.4. The molecule has 9 heteroatoms. The number of carbonyl (C=O) groups excluding carboxylic acids is 3. The molecule has 3 N–H and O–H groups in total. The highest BCUT2D eigenvalue weighted by molar-refractivity contribution is 6.08. The Morgan fingerprint density at radius 2 is 1.66 bits per heavy atom. The van der Waals surface area contributed by atoms with Crippen molar-refractivity contribution in [1.82, 2.24) is 5.32 Å². The van der Waals surface area contributed by atoms with Gasteiger partial charge in [-0.3, -0.25) is 9.59 Å². The molecule has 0 bridgehead atoms. The van der Waals surface area contributed by atoms with E-state index in [1.165, 1.54) is 29.5 Å². The number of aromatic carboxylic acids is 1. The summed E-state index contributed by atoms with van der Waals surface area (Å²) in [5.74, 6) is -1.55. The van der Waals surface area contributed by atoms with E-state index in [0.29, 0.717) is 11.4 Å². The molecule has 2 aromatic carbocycles. The van der Waals surface area contributed by atoms with E-state index in [9.17, 15) is 24.3 Å². The number of anilines is 3. The van der Waals surface area contributed by atoms with Crippen molar-refractivity contribution in [3.05, 3.63) is 54.1 Å². The summed E-state index contributed by atoms with van der Waals surface area (Å²) in [5, 5.41) is 14.7. The lowest BCUT2D eigenvalue weighted by Crippen LogP contribution is -2.55. The maximum Gasteiger partial charge on any atom is 0.335 e. The number of nitrogens with one attached hydrogen (secondary N) is 2. The van der Waals surface area contributed by atoms with Gasteiger partial charge in [-0.1, -0.05) is 58.2 Å². The lowest BCUT2D eigenvalue weighted by atomic mass is 9.90. The fourth-order valence-electron chi connectivity index (χ4n) is 5.06. The summed E-state index contributed by atoms with van der Waals surface area (Å²) >= 11 is 0. The maximum atomic E-state index is 14.0. The van der Waals surface area contributed by atoms with Gasteiger partial charge >= 0.3 is 12.0 Å². The molecule has 1 atom stereocenters. The molecule has 1 aliphatic heterocycles. The minimum absolute atomic E-state index is 0.0409. The van der Waals surface area contributed by atoms with Crippen molar-refractivity contribution in [3.63, 3.8) is 0 Å². The average Bonchev–Trinajstić information content (AvgIpc) is 2.99. The zero-order chi connectivity index (χ0) is 27.4. The standard InChI is InChI=1S/C29H36N4O5/c1-29(2,3)25(34)18-33-24-15-8-7-14-23(24)32(21-12-5-4-6-13-21)17-22(26(33)35)31-28(38)30-20-11-9-10-19(16-20)27(36)37/h7-11,14-16,21-22H,4-6,12-13,17-18H2,1-3H3,(H,36,37)(H2,30,31,38)/t22-/m0/s1. The molecule has 4 rings (SSSR count). The van der Waals surface area contributed by atoms with Crippen molar-refractivity contribution in [2.75, 3.05) is 28.2 Å². The molecule has 2 aromatic rings. The first-order chi connectivity index (χ1) is 18.0. The molecule has 1 fully saturated rings. The number of Topliss-reactive ketones (excluding diaryl/α,β-unsaturated/α-hetero) is 1. The van der Waals surface area contributed by atoms with Crippen LogP contribution in [0.2, 0.25) is 0 Å². The Balaban J connectivity index is 1.65. The molecule has 0 radical (unpaired) electrons. The maximum absolute atomic E-state index is 14.0. The van der Waals surface area contributed by atoms with Gasteiger partial charge in [-0.2, -0.15) is 0 Å². The highest BCUT2D eigenvalue weighted by Gasteiger charge is 2.39. The Kier molecular flexibility index (Phi) is 8.04. The van der Waals surface area contributed by atoms with Crippen molar-refractivity contribution in [2.24, 2.45) is 5.41 Å². The van der Waals surface area contributed by atoms with Gasteiger partial charge in [-0.25, -0.2) is 9.59 Å². The topological polar surface area (TPSA) is 119 Å². The average molecular weight is 521 g/mol. The van der Waals surface area contributed by atoms with Gasteiger partial charge in [0.15, 0.2) is 5.78 Å². The number of urea groups is 1. The molecule has 0 aromatic heterocycles. The molecular formula is C29H36N4O5. The number of carboxylic acids is 1. The van der Waals surface area contributed by atoms with E-state index >= 15 is 0 Å². The number of ketones is 1. The van der Waals surface area contributed by atoms with Gasteiger partial charge < -0.3 is 25.5 Å². The minimum atomic E-state index is -1.10. The van der Waals surface area contributed by atoms with Crippen LogP contribution in [-0.2, 0) is 9.59 Å². The van der Waals surface area contributed by atoms with Crippen molar-refractivity contribution < 1.29 is 24.3 Å². The van der Waals surface area contributed by atoms with Crippen LogP contribution in [0.1, 0.15) is 63.2 Å². The zero-order valence-electron chi connectivity index (χ0n) is 22.2. The van der Waals surface area contributed by atoms with Crippen LogP contribution in [0.5, 0.6) is 0 Å². The fraction of sp³-hybridized carbons (Fsp3) is 0.448. The third kappa shape index (κ3) is 6.15. The Bertz CT molecular complexity index is 1220. The predicted molar refractivity (Wildman–Crippen MR) is 147 cm³/mol. The van der Waals surface area contributed by atoms with E-state index in [-0.39, 0.29) is 36.4 Å². The zero-order valence-corrected chi connectivity index (χ0v) is 22.2. The van der Waals surface area contributed by atoms with Crippen LogP contribution in [0.15, 0.2) is 48.5 Å². The molecule has 9 nitrogen and oxygen atoms in total. The number of amides is 3. The van der Waals surface area contributed by atoms with Gasteiger partial charge in [0.05, 0.1) is 23.5 Å². The number of para-hydroxylation sites is 2. The Morgan fingerprint density at radius 3 is 2.32 bits per heavy atom. The summed E-state index contributed by atoms with van der Waals surface area (Å²) in [6.07, 6.45) is 5.36.